The van der Waals surface area contributed by atoms with Gasteiger partial charge in [-0.2, -0.15) is 0 Å². The molecule has 274 valence electrons. The molecule has 0 amide bonds. The second kappa shape index (κ2) is 13.5. The van der Waals surface area contributed by atoms with Crippen molar-refractivity contribution in [2.24, 2.45) is 0 Å². The highest BCUT2D eigenvalue weighted by Gasteiger charge is 2.30. The molecule has 0 unspecified atom stereocenters. The van der Waals surface area contributed by atoms with Crippen molar-refractivity contribution in [3.8, 4) is 66.8 Å². The molecule has 11 aromatic rings. The first-order chi connectivity index (χ1) is 29.3. The third-order valence-corrected chi connectivity index (χ3v) is 12.6. The van der Waals surface area contributed by atoms with E-state index in [2.05, 4.69) is 218 Å². The molecule has 0 bridgehead atoms. The summed E-state index contributed by atoms with van der Waals surface area (Å²) >= 11 is 0. The Kier molecular flexibility index (Phi) is 7.71. The lowest BCUT2D eigenvalue weighted by atomic mass is 9.81. The number of benzene rings is 11. The molecule has 0 saturated heterocycles. The van der Waals surface area contributed by atoms with E-state index < -0.39 is 0 Å². The van der Waals surface area contributed by atoms with E-state index in [9.17, 15) is 0 Å². The molecule has 0 spiro atoms. The van der Waals surface area contributed by atoms with Crippen LogP contribution >= 0.6 is 0 Å². The van der Waals surface area contributed by atoms with Crippen LogP contribution in [0, 0.1) is 0 Å². The van der Waals surface area contributed by atoms with E-state index in [4.69, 9.17) is 0 Å². The Morgan fingerprint density at radius 1 is 0.237 bits per heavy atom. The number of fused-ring (bicyclic) bond motifs is 6. The van der Waals surface area contributed by atoms with Gasteiger partial charge in [0.05, 0.1) is 0 Å². The smallest absolute Gasteiger partial charge is 0.000741 e. The van der Waals surface area contributed by atoms with Crippen LogP contribution in [0.15, 0.2) is 218 Å². The first kappa shape index (κ1) is 33.6. The summed E-state index contributed by atoms with van der Waals surface area (Å²) in [6.07, 6.45) is 0.815. The third kappa shape index (κ3) is 5.30. The zero-order valence-corrected chi connectivity index (χ0v) is 32.5. The lowest BCUT2D eigenvalue weighted by Gasteiger charge is -2.21. The van der Waals surface area contributed by atoms with Gasteiger partial charge in [0.2, 0.25) is 0 Å². The van der Waals surface area contributed by atoms with Crippen LogP contribution in [0.25, 0.3) is 110 Å². The summed E-state index contributed by atoms with van der Waals surface area (Å²) in [6, 6.07) is 80.9. The summed E-state index contributed by atoms with van der Waals surface area (Å²) in [5.41, 5.74) is 18.1. The standard InChI is InChI=1S/C59H38/c1-5-17-40(18-6-1)53-45-27-13-14-28-46(45)54(41-19-7-2-8-20-41)51-36-38(31-33-47(51)53)35-39-32-34-48-52(37-39)57(44-23-11-4-12-24-44)59-50-30-16-26-42-25-15-29-49(55(42)50)58(59)56(48)43-21-9-3-10-22-43/h1-34,36-37H,35H2. The van der Waals surface area contributed by atoms with Crippen LogP contribution in [0.2, 0.25) is 0 Å². The Bertz CT molecular complexity index is 3410. The molecule has 0 aliphatic heterocycles. The predicted octanol–water partition coefficient (Wildman–Crippen LogP) is 16.2. The van der Waals surface area contributed by atoms with Crippen molar-refractivity contribution in [3.63, 3.8) is 0 Å². The van der Waals surface area contributed by atoms with E-state index >= 15 is 0 Å². The van der Waals surface area contributed by atoms with E-state index in [-0.39, 0.29) is 0 Å². The first-order valence-corrected chi connectivity index (χ1v) is 20.6. The van der Waals surface area contributed by atoms with E-state index in [1.54, 1.807) is 0 Å². The molecule has 0 heteroatoms. The van der Waals surface area contributed by atoms with Gasteiger partial charge in [-0.15, -0.1) is 0 Å². The lowest BCUT2D eigenvalue weighted by molar-refractivity contribution is 1.21. The first-order valence-electron chi connectivity index (χ1n) is 20.6. The fraction of sp³-hybridized carbons (Fsp3) is 0.0169. The molecular weight excluding hydrogens is 709 g/mol. The van der Waals surface area contributed by atoms with Crippen molar-refractivity contribution in [3.05, 3.63) is 230 Å². The van der Waals surface area contributed by atoms with Gasteiger partial charge in [-0.25, -0.2) is 0 Å². The maximum absolute atomic E-state index is 2.49. The maximum atomic E-state index is 2.49. The summed E-state index contributed by atoms with van der Waals surface area (Å²) < 4.78 is 0. The zero-order chi connectivity index (χ0) is 38.9. The predicted molar refractivity (Wildman–Crippen MR) is 252 cm³/mol. The molecule has 1 aliphatic carbocycles. The second-order valence-corrected chi connectivity index (χ2v) is 15.9. The quantitative estimate of drug-likeness (QED) is 0.149. The second-order valence-electron chi connectivity index (χ2n) is 15.9. The number of rotatable bonds is 6. The molecule has 1 aliphatic rings. The monoisotopic (exact) mass is 746 g/mol. The third-order valence-electron chi connectivity index (χ3n) is 12.6. The van der Waals surface area contributed by atoms with E-state index in [1.807, 2.05) is 0 Å². The summed E-state index contributed by atoms with van der Waals surface area (Å²) in [5.74, 6) is 0. The number of hydrogen-bond donors (Lipinski definition) is 0. The summed E-state index contributed by atoms with van der Waals surface area (Å²) in [5, 5.41) is 10.3. The summed E-state index contributed by atoms with van der Waals surface area (Å²) in [4.78, 5) is 0. The van der Waals surface area contributed by atoms with Crippen LogP contribution in [0.4, 0.5) is 0 Å². The summed E-state index contributed by atoms with van der Waals surface area (Å²) in [6.45, 7) is 0. The molecule has 0 heterocycles. The minimum atomic E-state index is 0.815. The molecule has 12 rings (SSSR count). The number of hydrogen-bond acceptors (Lipinski definition) is 0. The van der Waals surface area contributed by atoms with Gasteiger partial charge < -0.3 is 0 Å². The maximum Gasteiger partial charge on any atom is -0.000741 e. The van der Waals surface area contributed by atoms with Gasteiger partial charge >= 0.3 is 0 Å². The van der Waals surface area contributed by atoms with Crippen molar-refractivity contribution < 1.29 is 0 Å². The van der Waals surface area contributed by atoms with Crippen LogP contribution < -0.4 is 0 Å². The van der Waals surface area contributed by atoms with Crippen molar-refractivity contribution in [2.45, 2.75) is 6.42 Å². The molecule has 0 N–H and O–H groups in total. The Morgan fingerprint density at radius 2 is 0.593 bits per heavy atom. The van der Waals surface area contributed by atoms with Gasteiger partial charge in [-0.3, -0.25) is 0 Å². The van der Waals surface area contributed by atoms with Crippen molar-refractivity contribution in [1.29, 1.82) is 0 Å². The highest BCUT2D eigenvalue weighted by Crippen LogP contribution is 2.57. The zero-order valence-electron chi connectivity index (χ0n) is 32.5. The van der Waals surface area contributed by atoms with Crippen LogP contribution in [-0.2, 0) is 6.42 Å². The average molecular weight is 747 g/mol. The Hall–Kier alpha value is -7.54. The van der Waals surface area contributed by atoms with Crippen LogP contribution in [0.1, 0.15) is 11.1 Å². The van der Waals surface area contributed by atoms with Crippen LogP contribution in [0.3, 0.4) is 0 Å². The van der Waals surface area contributed by atoms with Crippen molar-refractivity contribution >= 4 is 43.1 Å². The fourth-order valence-electron chi connectivity index (χ4n) is 10.2. The van der Waals surface area contributed by atoms with Crippen molar-refractivity contribution in [1.82, 2.24) is 0 Å². The SMILES string of the molecule is c1ccc(-c2c3c(c(-c4ccccc4)c4cc(Cc5ccc6c(-c7ccccc7)c7ccccc7c(-c7ccccc7)c6c5)ccc24)-c2cccc4cccc-3c24)cc1. The van der Waals surface area contributed by atoms with Gasteiger partial charge in [0.25, 0.3) is 0 Å². The topological polar surface area (TPSA) is 0 Å². The minimum Gasteiger partial charge on any atom is -0.0622 e. The Labute approximate surface area is 344 Å². The van der Waals surface area contributed by atoms with E-state index in [0.29, 0.717) is 0 Å². The molecule has 11 aromatic carbocycles. The fourth-order valence-corrected chi connectivity index (χ4v) is 10.2. The van der Waals surface area contributed by atoms with Gasteiger partial charge in [0.1, 0.15) is 0 Å². The van der Waals surface area contributed by atoms with Gasteiger partial charge in [-0.1, -0.05) is 218 Å². The highest BCUT2D eigenvalue weighted by atomic mass is 14.3. The molecule has 59 heavy (non-hydrogen) atoms. The molecule has 0 aromatic heterocycles. The molecule has 0 radical (unpaired) electrons. The highest BCUT2D eigenvalue weighted by molar-refractivity contribution is 6.28. The van der Waals surface area contributed by atoms with Crippen LogP contribution in [-0.4, -0.2) is 0 Å². The Balaban J connectivity index is 1.11. The molecule has 0 saturated carbocycles. The lowest BCUT2D eigenvalue weighted by Crippen LogP contribution is -1.96. The normalized spacial score (nSPS) is 11.8. The van der Waals surface area contributed by atoms with Gasteiger partial charge in [-0.05, 0) is 127 Å². The Morgan fingerprint density at radius 3 is 1.07 bits per heavy atom. The van der Waals surface area contributed by atoms with E-state index in [1.165, 1.54) is 121 Å². The molecule has 0 fully saturated rings. The minimum absolute atomic E-state index is 0.815. The molecule has 0 nitrogen and oxygen atoms in total. The average Bonchev–Trinajstić information content (AvgIpc) is 3.63. The van der Waals surface area contributed by atoms with Gasteiger partial charge in [0.15, 0.2) is 0 Å². The molecular formula is C59H38. The van der Waals surface area contributed by atoms with Gasteiger partial charge in [0, 0.05) is 0 Å². The van der Waals surface area contributed by atoms with Crippen LogP contribution in [0.5, 0.6) is 0 Å². The largest absolute Gasteiger partial charge is 0.0622 e. The molecule has 0 atom stereocenters. The van der Waals surface area contributed by atoms with Crippen molar-refractivity contribution in [2.75, 3.05) is 0 Å². The van der Waals surface area contributed by atoms with E-state index in [0.717, 1.165) is 6.42 Å². The summed E-state index contributed by atoms with van der Waals surface area (Å²) in [7, 11) is 0.